The topological polar surface area (TPSA) is 3.24 Å². The van der Waals surface area contributed by atoms with Gasteiger partial charge in [-0.3, -0.25) is 0 Å². The molecule has 0 amide bonds. The molecule has 0 aliphatic rings. The van der Waals surface area contributed by atoms with Gasteiger partial charge in [0.05, 0.1) is 0 Å². The van der Waals surface area contributed by atoms with Crippen molar-refractivity contribution in [1.82, 2.24) is 0 Å². The van der Waals surface area contributed by atoms with Crippen LogP contribution < -0.4 is 4.90 Å². The van der Waals surface area contributed by atoms with Gasteiger partial charge in [-0.1, -0.05) is 121 Å². The highest BCUT2D eigenvalue weighted by atomic mass is 15.1. The van der Waals surface area contributed by atoms with Gasteiger partial charge in [0.2, 0.25) is 0 Å². The summed E-state index contributed by atoms with van der Waals surface area (Å²) in [5, 5.41) is 0. The molecule has 6 rings (SSSR count). The summed E-state index contributed by atoms with van der Waals surface area (Å²) < 4.78 is 0. The number of nitrogens with zero attached hydrogens (tertiary/aromatic N) is 1. The van der Waals surface area contributed by atoms with Crippen LogP contribution in [0.4, 0.5) is 11.4 Å². The van der Waals surface area contributed by atoms with Crippen LogP contribution in [0.2, 0.25) is 0 Å². The van der Waals surface area contributed by atoms with Crippen molar-refractivity contribution in [3.05, 3.63) is 158 Å². The van der Waals surface area contributed by atoms with E-state index in [2.05, 4.69) is 170 Å². The highest BCUT2D eigenvalue weighted by Gasteiger charge is 2.12. The average molecular weight is 488 g/mol. The van der Waals surface area contributed by atoms with Gasteiger partial charge < -0.3 is 4.90 Å². The minimum absolute atomic E-state index is 1.15. The molecule has 6 aromatic rings. The summed E-state index contributed by atoms with van der Waals surface area (Å²) in [4.78, 5) is 2.27. The highest BCUT2D eigenvalue weighted by molar-refractivity contribution is 5.84. The van der Waals surface area contributed by atoms with E-state index in [1.807, 2.05) is 0 Å². The van der Waals surface area contributed by atoms with Gasteiger partial charge in [0.15, 0.2) is 0 Å². The van der Waals surface area contributed by atoms with Crippen LogP contribution in [0, 0.1) is 0 Å². The number of anilines is 2. The first-order valence-corrected chi connectivity index (χ1v) is 13.0. The molecule has 6 aromatic carbocycles. The van der Waals surface area contributed by atoms with Crippen molar-refractivity contribution in [1.29, 1.82) is 0 Å². The number of rotatable bonds is 6. The molecule has 1 heteroatoms. The van der Waals surface area contributed by atoms with E-state index >= 15 is 0 Å². The molecule has 0 atom stereocenters. The first-order valence-electron chi connectivity index (χ1n) is 13.0. The zero-order valence-corrected chi connectivity index (χ0v) is 21.5. The smallest absolute Gasteiger partial charge is 0.0487 e. The van der Waals surface area contributed by atoms with E-state index < -0.39 is 0 Å². The van der Waals surface area contributed by atoms with Crippen LogP contribution in [0.1, 0.15) is 0 Å². The van der Waals surface area contributed by atoms with Gasteiger partial charge >= 0.3 is 0 Å². The van der Waals surface area contributed by atoms with Crippen molar-refractivity contribution in [2.45, 2.75) is 0 Å². The fourth-order valence-corrected chi connectivity index (χ4v) is 5.03. The Labute approximate surface area is 225 Å². The Morgan fingerprint density at radius 3 is 1.24 bits per heavy atom. The lowest BCUT2D eigenvalue weighted by atomic mass is 9.93. The Hall–Kier alpha value is -4.88. The summed E-state index contributed by atoms with van der Waals surface area (Å²) in [6, 6.07) is 56.2. The summed E-state index contributed by atoms with van der Waals surface area (Å²) >= 11 is 0. The Bertz CT molecular complexity index is 1580. The Morgan fingerprint density at radius 2 is 0.737 bits per heavy atom. The molecule has 0 aliphatic heterocycles. The Kier molecular flexibility index (Phi) is 6.57. The predicted molar refractivity (Wildman–Crippen MR) is 163 cm³/mol. The monoisotopic (exact) mass is 487 g/mol. The van der Waals surface area contributed by atoms with E-state index in [4.69, 9.17) is 0 Å². The highest BCUT2D eigenvalue weighted by Crippen LogP contribution is 2.36. The maximum atomic E-state index is 2.30. The first-order chi connectivity index (χ1) is 18.8. The summed E-state index contributed by atoms with van der Waals surface area (Å²) in [6.07, 6.45) is 0. The van der Waals surface area contributed by atoms with Crippen LogP contribution in [0.25, 0.3) is 44.5 Å². The second-order valence-corrected chi connectivity index (χ2v) is 9.52. The molecule has 182 valence electrons. The molecule has 1 nitrogen and oxygen atoms in total. The fourth-order valence-electron chi connectivity index (χ4n) is 5.03. The van der Waals surface area contributed by atoms with Crippen molar-refractivity contribution >= 4 is 11.4 Å². The van der Waals surface area contributed by atoms with Crippen LogP contribution in [-0.4, -0.2) is 7.05 Å². The standard InChI is InChI=1S/C37H29N/c1-38(37-20-12-11-19-36(37)31-17-9-4-10-18-31)35-23-21-30(22-24-35)34-26-32(28-13-5-2-6-14-28)25-33(27-34)29-15-7-3-8-16-29/h2-27H,1H3. The molecule has 0 radical (unpaired) electrons. The van der Waals surface area contributed by atoms with Crippen molar-refractivity contribution < 1.29 is 0 Å². The molecular formula is C37H29N. The number of para-hydroxylation sites is 1. The van der Waals surface area contributed by atoms with Gasteiger partial charge in [-0.25, -0.2) is 0 Å². The molecular weight excluding hydrogens is 458 g/mol. The molecule has 0 fully saturated rings. The maximum absolute atomic E-state index is 2.30. The van der Waals surface area contributed by atoms with Crippen molar-refractivity contribution in [2.75, 3.05) is 11.9 Å². The largest absolute Gasteiger partial charge is 0.344 e. The third-order valence-electron chi connectivity index (χ3n) is 7.09. The van der Waals surface area contributed by atoms with Crippen molar-refractivity contribution in [3.63, 3.8) is 0 Å². The minimum atomic E-state index is 1.15. The number of hydrogen-bond donors (Lipinski definition) is 0. The SMILES string of the molecule is CN(c1ccc(-c2cc(-c3ccccc3)cc(-c3ccccc3)c2)cc1)c1ccccc1-c1ccccc1. The quantitative estimate of drug-likeness (QED) is 0.226. The zero-order valence-electron chi connectivity index (χ0n) is 21.5. The van der Waals surface area contributed by atoms with E-state index in [1.54, 1.807) is 0 Å². The van der Waals surface area contributed by atoms with E-state index in [0.717, 1.165) is 5.69 Å². The van der Waals surface area contributed by atoms with Gasteiger partial charge in [-0.15, -0.1) is 0 Å². The van der Waals surface area contributed by atoms with Gasteiger partial charge in [-0.2, -0.15) is 0 Å². The van der Waals surface area contributed by atoms with Crippen LogP contribution in [-0.2, 0) is 0 Å². The van der Waals surface area contributed by atoms with Crippen LogP contribution in [0.15, 0.2) is 158 Å². The molecule has 0 saturated heterocycles. The van der Waals surface area contributed by atoms with Crippen LogP contribution in [0.3, 0.4) is 0 Å². The van der Waals surface area contributed by atoms with Crippen molar-refractivity contribution in [2.24, 2.45) is 0 Å². The number of benzene rings is 6. The molecule has 38 heavy (non-hydrogen) atoms. The maximum Gasteiger partial charge on any atom is 0.0487 e. The summed E-state index contributed by atoms with van der Waals surface area (Å²) in [5.74, 6) is 0. The molecule has 0 aliphatic carbocycles. The summed E-state index contributed by atoms with van der Waals surface area (Å²) in [7, 11) is 2.14. The van der Waals surface area contributed by atoms with Gasteiger partial charge in [0.1, 0.15) is 0 Å². The van der Waals surface area contributed by atoms with E-state index in [0.29, 0.717) is 0 Å². The van der Waals surface area contributed by atoms with E-state index in [1.165, 1.54) is 50.2 Å². The molecule has 0 spiro atoms. The third kappa shape index (κ3) is 4.87. The van der Waals surface area contributed by atoms with Gasteiger partial charge in [0, 0.05) is 24.0 Å². The van der Waals surface area contributed by atoms with Crippen LogP contribution in [0.5, 0.6) is 0 Å². The molecule has 0 aromatic heterocycles. The summed E-state index contributed by atoms with van der Waals surface area (Å²) in [5.41, 5.74) is 12.1. The van der Waals surface area contributed by atoms with E-state index in [9.17, 15) is 0 Å². The van der Waals surface area contributed by atoms with Crippen molar-refractivity contribution in [3.8, 4) is 44.5 Å². The summed E-state index contributed by atoms with van der Waals surface area (Å²) in [6.45, 7) is 0. The predicted octanol–water partition coefficient (Wildman–Crippen LogP) is 10.1. The molecule has 0 saturated carbocycles. The fraction of sp³-hybridized carbons (Fsp3) is 0.0270. The Morgan fingerprint density at radius 1 is 0.342 bits per heavy atom. The first kappa shape index (κ1) is 23.5. The lowest BCUT2D eigenvalue weighted by molar-refractivity contribution is 1.21. The second-order valence-electron chi connectivity index (χ2n) is 9.52. The second kappa shape index (κ2) is 10.6. The third-order valence-corrected chi connectivity index (χ3v) is 7.09. The lowest BCUT2D eigenvalue weighted by Crippen LogP contribution is -2.10. The number of hydrogen-bond acceptors (Lipinski definition) is 1. The Balaban J connectivity index is 1.37. The molecule has 0 bridgehead atoms. The average Bonchev–Trinajstić information content (AvgIpc) is 3.02. The normalized spacial score (nSPS) is 10.8. The zero-order chi connectivity index (χ0) is 25.7. The molecule has 0 unspecified atom stereocenters. The van der Waals surface area contributed by atoms with Gasteiger partial charge in [0.25, 0.3) is 0 Å². The molecule has 0 heterocycles. The van der Waals surface area contributed by atoms with Gasteiger partial charge in [-0.05, 0) is 75.3 Å². The minimum Gasteiger partial charge on any atom is -0.344 e. The lowest BCUT2D eigenvalue weighted by Gasteiger charge is -2.23. The van der Waals surface area contributed by atoms with E-state index in [-0.39, 0.29) is 0 Å². The molecule has 0 N–H and O–H groups in total. The van der Waals surface area contributed by atoms with Crippen LogP contribution >= 0.6 is 0 Å².